The maximum Gasteiger partial charge on any atom is 0.291 e. The number of benzene rings is 1. The van der Waals surface area contributed by atoms with Gasteiger partial charge in [-0.2, -0.15) is 15.4 Å². The lowest BCUT2D eigenvalue weighted by atomic mass is 9.91. The first kappa shape index (κ1) is 22.8. The molecular weight excluding hydrogens is 370 g/mol. The third-order valence-electron chi connectivity index (χ3n) is 5.52. The highest BCUT2D eigenvalue weighted by atomic mass is 16.9. The van der Waals surface area contributed by atoms with Crippen molar-refractivity contribution in [3.05, 3.63) is 46.1 Å². The molecule has 0 unspecified atom stereocenters. The van der Waals surface area contributed by atoms with Gasteiger partial charge in [-0.1, -0.05) is 62.8 Å². The Hall–Kier alpha value is -2.48. The minimum Gasteiger partial charge on any atom is -0.328 e. The molecule has 2 aromatic rings. The molecule has 2 aliphatic carbocycles. The summed E-state index contributed by atoms with van der Waals surface area (Å²) >= 11 is 0. The fourth-order valence-electron chi connectivity index (χ4n) is 4.06. The molecule has 2 aliphatic rings. The predicted octanol–water partition coefficient (Wildman–Crippen LogP) is 4.67. The SMILES string of the molecule is C1CCC(NC2CCCCC2)CC1.Cc1ccccc1-c1cn[nH]n1.O=[N+]([O-])O. The number of rotatable bonds is 3. The molecule has 3 N–H and O–H groups in total. The van der Waals surface area contributed by atoms with Gasteiger partial charge in [0.15, 0.2) is 0 Å². The molecule has 0 atom stereocenters. The van der Waals surface area contributed by atoms with Crippen LogP contribution >= 0.6 is 0 Å². The minimum absolute atomic E-state index is 0.872. The van der Waals surface area contributed by atoms with Crippen molar-refractivity contribution in [3.8, 4) is 11.3 Å². The fourth-order valence-corrected chi connectivity index (χ4v) is 4.06. The van der Waals surface area contributed by atoms with Crippen molar-refractivity contribution in [2.45, 2.75) is 83.2 Å². The number of hydrogen-bond donors (Lipinski definition) is 3. The zero-order chi connectivity index (χ0) is 20.9. The van der Waals surface area contributed by atoms with Crippen molar-refractivity contribution >= 4 is 0 Å². The minimum atomic E-state index is -1.50. The second kappa shape index (κ2) is 12.9. The van der Waals surface area contributed by atoms with Crippen LogP contribution in [-0.4, -0.2) is 37.8 Å². The Labute approximate surface area is 172 Å². The molecule has 0 radical (unpaired) electrons. The molecule has 0 aliphatic heterocycles. The van der Waals surface area contributed by atoms with Crippen LogP contribution in [0.1, 0.15) is 69.8 Å². The lowest BCUT2D eigenvalue weighted by molar-refractivity contribution is -0.742. The molecule has 2 saturated carbocycles. The lowest BCUT2D eigenvalue weighted by Crippen LogP contribution is -2.40. The van der Waals surface area contributed by atoms with E-state index < -0.39 is 5.09 Å². The van der Waals surface area contributed by atoms with Gasteiger partial charge < -0.3 is 10.5 Å². The zero-order valence-electron chi connectivity index (χ0n) is 17.2. The maximum atomic E-state index is 8.36. The number of aromatic nitrogens is 3. The van der Waals surface area contributed by atoms with Gasteiger partial charge in [0, 0.05) is 17.6 Å². The Morgan fingerprint density at radius 1 is 1.03 bits per heavy atom. The van der Waals surface area contributed by atoms with E-state index in [1.807, 2.05) is 18.2 Å². The summed E-state index contributed by atoms with van der Waals surface area (Å²) in [6.45, 7) is 2.06. The topological polar surface area (TPSA) is 117 Å². The number of H-pyrrole nitrogens is 1. The number of aromatic amines is 1. The van der Waals surface area contributed by atoms with E-state index in [1.165, 1.54) is 69.8 Å². The van der Waals surface area contributed by atoms with Crippen LogP contribution < -0.4 is 5.32 Å². The second-order valence-corrected chi connectivity index (χ2v) is 7.74. The van der Waals surface area contributed by atoms with E-state index in [0.717, 1.165) is 23.3 Å². The van der Waals surface area contributed by atoms with Crippen LogP contribution in [-0.2, 0) is 0 Å². The van der Waals surface area contributed by atoms with Crippen LogP contribution in [0.5, 0.6) is 0 Å². The maximum absolute atomic E-state index is 8.36. The van der Waals surface area contributed by atoms with Gasteiger partial charge in [-0.05, 0) is 38.2 Å². The van der Waals surface area contributed by atoms with Gasteiger partial charge in [-0.15, -0.1) is 10.1 Å². The van der Waals surface area contributed by atoms with Crippen LogP contribution in [0.25, 0.3) is 11.3 Å². The Balaban J connectivity index is 0.000000176. The van der Waals surface area contributed by atoms with Gasteiger partial charge in [0.25, 0.3) is 5.09 Å². The smallest absolute Gasteiger partial charge is 0.291 e. The highest BCUT2D eigenvalue weighted by Crippen LogP contribution is 2.22. The van der Waals surface area contributed by atoms with Crippen molar-refractivity contribution < 1.29 is 10.3 Å². The average Bonchev–Trinajstić information content (AvgIpc) is 3.25. The molecule has 1 heterocycles. The van der Waals surface area contributed by atoms with Crippen molar-refractivity contribution in [2.75, 3.05) is 0 Å². The molecule has 2 fully saturated rings. The summed E-state index contributed by atoms with van der Waals surface area (Å²) < 4.78 is 0. The van der Waals surface area contributed by atoms with Crippen LogP contribution in [0.4, 0.5) is 0 Å². The van der Waals surface area contributed by atoms with E-state index in [4.69, 9.17) is 15.3 Å². The van der Waals surface area contributed by atoms with Crippen LogP contribution in [0, 0.1) is 17.0 Å². The van der Waals surface area contributed by atoms with Gasteiger partial charge in [-0.3, -0.25) is 0 Å². The molecule has 0 amide bonds. The predicted molar refractivity (Wildman–Crippen MR) is 112 cm³/mol. The molecule has 0 spiro atoms. The fraction of sp³-hybridized carbons (Fsp3) is 0.619. The standard InChI is InChI=1S/C12H23N.C9H9N3.HNO3/c1-3-7-11(8-4-1)13-12-9-5-2-6-10-12;1-7-4-2-3-5-8(7)9-6-10-12-11-9;2-1(3)4/h11-13H,1-10H2;2-6H,1H3,(H,10,11,12);(H,2,3,4). The highest BCUT2D eigenvalue weighted by Gasteiger charge is 2.19. The number of nitrogens with one attached hydrogen (secondary N) is 2. The van der Waals surface area contributed by atoms with E-state index >= 15 is 0 Å². The Kier molecular flexibility index (Phi) is 10.1. The molecule has 4 rings (SSSR count). The second-order valence-electron chi connectivity index (χ2n) is 7.74. The Morgan fingerprint density at radius 3 is 2.00 bits per heavy atom. The Bertz CT molecular complexity index is 676. The summed E-state index contributed by atoms with van der Waals surface area (Å²) in [6.07, 6.45) is 16.3. The van der Waals surface area contributed by atoms with Crippen molar-refractivity contribution in [3.63, 3.8) is 0 Å². The summed E-state index contributed by atoms with van der Waals surface area (Å²) in [5, 5.41) is 27.9. The summed E-state index contributed by atoms with van der Waals surface area (Å²) in [5.74, 6) is 0. The molecule has 0 bridgehead atoms. The van der Waals surface area contributed by atoms with Gasteiger partial charge in [0.05, 0.1) is 6.20 Å². The molecular formula is C21H33N5O3. The molecule has 0 saturated heterocycles. The van der Waals surface area contributed by atoms with E-state index in [9.17, 15) is 0 Å². The molecule has 8 heteroatoms. The lowest BCUT2D eigenvalue weighted by Gasteiger charge is -2.30. The van der Waals surface area contributed by atoms with E-state index in [2.05, 4.69) is 33.7 Å². The highest BCUT2D eigenvalue weighted by molar-refractivity contribution is 5.61. The van der Waals surface area contributed by atoms with Gasteiger partial charge in [-0.25, -0.2) is 0 Å². The summed E-state index contributed by atoms with van der Waals surface area (Å²) in [6, 6.07) is 9.85. The first-order chi connectivity index (χ1) is 14.1. The molecule has 160 valence electrons. The van der Waals surface area contributed by atoms with E-state index in [-0.39, 0.29) is 0 Å². The molecule has 8 nitrogen and oxygen atoms in total. The van der Waals surface area contributed by atoms with Crippen molar-refractivity contribution in [1.29, 1.82) is 0 Å². The van der Waals surface area contributed by atoms with Gasteiger partial charge in [0.2, 0.25) is 0 Å². The molecule has 29 heavy (non-hydrogen) atoms. The van der Waals surface area contributed by atoms with Gasteiger partial charge in [0.1, 0.15) is 5.69 Å². The normalized spacial score (nSPS) is 17.4. The monoisotopic (exact) mass is 403 g/mol. The summed E-state index contributed by atoms with van der Waals surface area (Å²) in [4.78, 5) is 8.36. The third kappa shape index (κ3) is 9.04. The quantitative estimate of drug-likeness (QED) is 0.506. The van der Waals surface area contributed by atoms with Crippen molar-refractivity contribution in [1.82, 2.24) is 20.7 Å². The zero-order valence-corrected chi connectivity index (χ0v) is 17.2. The van der Waals surface area contributed by atoms with E-state index in [0.29, 0.717) is 0 Å². The molecule has 1 aromatic heterocycles. The van der Waals surface area contributed by atoms with Crippen LogP contribution in [0.3, 0.4) is 0 Å². The summed E-state index contributed by atoms with van der Waals surface area (Å²) in [5.41, 5.74) is 3.24. The first-order valence-electron chi connectivity index (χ1n) is 10.6. The third-order valence-corrected chi connectivity index (χ3v) is 5.52. The van der Waals surface area contributed by atoms with Crippen LogP contribution in [0.15, 0.2) is 30.5 Å². The Morgan fingerprint density at radius 2 is 1.55 bits per heavy atom. The first-order valence-corrected chi connectivity index (χ1v) is 10.6. The average molecular weight is 404 g/mol. The summed E-state index contributed by atoms with van der Waals surface area (Å²) in [7, 11) is 0. The van der Waals surface area contributed by atoms with Gasteiger partial charge >= 0.3 is 0 Å². The largest absolute Gasteiger partial charge is 0.328 e. The number of hydrogen-bond acceptors (Lipinski definition) is 5. The van der Waals surface area contributed by atoms with Crippen LogP contribution in [0.2, 0.25) is 0 Å². The van der Waals surface area contributed by atoms with E-state index in [1.54, 1.807) is 6.20 Å². The van der Waals surface area contributed by atoms with Crippen molar-refractivity contribution in [2.24, 2.45) is 0 Å². The number of nitrogens with zero attached hydrogens (tertiary/aromatic N) is 3. The number of aryl methyl sites for hydroxylation is 1. The molecule has 1 aromatic carbocycles.